The molecule has 0 heteroatoms. The van der Waals surface area contributed by atoms with Gasteiger partial charge in [-0.1, -0.05) is 110 Å². The molecular formula is C25H22. The van der Waals surface area contributed by atoms with Crippen LogP contribution in [0.3, 0.4) is 0 Å². The highest BCUT2D eigenvalue weighted by molar-refractivity contribution is 6.05. The van der Waals surface area contributed by atoms with Gasteiger partial charge in [0.25, 0.3) is 0 Å². The van der Waals surface area contributed by atoms with E-state index in [-0.39, 0.29) is 0 Å². The minimum absolute atomic E-state index is 1.04. The maximum Gasteiger partial charge on any atom is -0.00821 e. The molecule has 3 aromatic rings. The summed E-state index contributed by atoms with van der Waals surface area (Å²) in [6.07, 6.45) is 4.32. The second kappa shape index (κ2) is 8.12. The molecule has 0 aliphatic carbocycles. The normalized spacial score (nSPS) is 12.0. The first-order chi connectivity index (χ1) is 12.3. The van der Waals surface area contributed by atoms with Crippen LogP contribution in [0.25, 0.3) is 17.2 Å². The molecule has 3 rings (SSSR count). The molecule has 0 bridgehead atoms. The van der Waals surface area contributed by atoms with Gasteiger partial charge in [-0.3, -0.25) is 0 Å². The molecule has 0 saturated heterocycles. The van der Waals surface area contributed by atoms with E-state index >= 15 is 0 Å². The Morgan fingerprint density at radius 2 is 1.16 bits per heavy atom. The highest BCUT2D eigenvalue weighted by Gasteiger charge is 2.10. The third-order valence-electron chi connectivity index (χ3n) is 4.21. The first-order valence-electron chi connectivity index (χ1n) is 8.50. The summed E-state index contributed by atoms with van der Waals surface area (Å²) >= 11 is 0. The maximum absolute atomic E-state index is 4.39. The van der Waals surface area contributed by atoms with Crippen molar-refractivity contribution in [3.8, 4) is 0 Å². The van der Waals surface area contributed by atoms with E-state index < -0.39 is 0 Å². The lowest BCUT2D eigenvalue weighted by atomic mass is 9.90. The third kappa shape index (κ3) is 4.24. The Balaban J connectivity index is 2.04. The minimum Gasteiger partial charge on any atom is -0.0905 e. The largest absolute Gasteiger partial charge is 0.0905 e. The second-order valence-electron chi connectivity index (χ2n) is 6.01. The Labute approximate surface area is 150 Å². The molecule has 3 aromatic carbocycles. The van der Waals surface area contributed by atoms with Crippen molar-refractivity contribution >= 4 is 17.2 Å². The van der Waals surface area contributed by atoms with Crippen LogP contribution in [0.4, 0.5) is 0 Å². The number of hydrogen-bond donors (Lipinski definition) is 0. The van der Waals surface area contributed by atoms with Gasteiger partial charge >= 0.3 is 0 Å². The molecule has 25 heavy (non-hydrogen) atoms. The molecule has 122 valence electrons. The van der Waals surface area contributed by atoms with Crippen LogP contribution >= 0.6 is 0 Å². The van der Waals surface area contributed by atoms with Gasteiger partial charge in [-0.2, -0.15) is 0 Å². The first kappa shape index (κ1) is 16.7. The molecule has 0 aromatic heterocycles. The summed E-state index contributed by atoms with van der Waals surface area (Å²) in [6.45, 7) is 6.53. The quantitative estimate of drug-likeness (QED) is 0.449. The molecule has 0 N–H and O–H groups in total. The van der Waals surface area contributed by atoms with Gasteiger partial charge in [0.1, 0.15) is 0 Å². The van der Waals surface area contributed by atoms with E-state index in [9.17, 15) is 0 Å². The first-order valence-corrected chi connectivity index (χ1v) is 8.50. The van der Waals surface area contributed by atoms with Crippen molar-refractivity contribution in [2.75, 3.05) is 0 Å². The Hall–Kier alpha value is -3.12. The Kier molecular flexibility index (Phi) is 5.43. The number of benzene rings is 3. The highest BCUT2D eigenvalue weighted by atomic mass is 14.1. The van der Waals surface area contributed by atoms with Gasteiger partial charge in [0.05, 0.1) is 0 Å². The van der Waals surface area contributed by atoms with Crippen LogP contribution in [0.5, 0.6) is 0 Å². The lowest BCUT2D eigenvalue weighted by Gasteiger charge is -2.14. The summed E-state index contributed by atoms with van der Waals surface area (Å²) in [5.41, 5.74) is 6.95. The average Bonchev–Trinajstić information content (AvgIpc) is 2.69. The van der Waals surface area contributed by atoms with Crippen LogP contribution in [0, 0.1) is 0 Å². The molecular weight excluding hydrogens is 300 g/mol. The number of allylic oxidation sites excluding steroid dienone is 4. The maximum atomic E-state index is 4.39. The van der Waals surface area contributed by atoms with Gasteiger partial charge in [-0.15, -0.1) is 0 Å². The van der Waals surface area contributed by atoms with Crippen LogP contribution < -0.4 is 0 Å². The number of hydrogen-bond acceptors (Lipinski definition) is 0. The third-order valence-corrected chi connectivity index (χ3v) is 4.21. The fraction of sp³-hybridized carbons (Fsp3) is 0.0400. The summed E-state index contributed by atoms with van der Waals surface area (Å²) < 4.78 is 0. The minimum atomic E-state index is 1.04. The molecule has 0 heterocycles. The Morgan fingerprint density at radius 3 is 1.72 bits per heavy atom. The van der Waals surface area contributed by atoms with Gasteiger partial charge in [-0.05, 0) is 40.3 Å². The van der Waals surface area contributed by atoms with Crippen molar-refractivity contribution < 1.29 is 0 Å². The molecule has 0 amide bonds. The summed E-state index contributed by atoms with van der Waals surface area (Å²) in [5, 5.41) is 0. The molecule has 0 radical (unpaired) electrons. The zero-order valence-electron chi connectivity index (χ0n) is 14.5. The molecule has 0 spiro atoms. The molecule has 0 nitrogen and oxygen atoms in total. The fourth-order valence-electron chi connectivity index (χ4n) is 2.90. The topological polar surface area (TPSA) is 0 Å². The lowest BCUT2D eigenvalue weighted by molar-refractivity contribution is 1.50. The van der Waals surface area contributed by atoms with Gasteiger partial charge in [0, 0.05) is 0 Å². The zero-order valence-corrected chi connectivity index (χ0v) is 14.5. The van der Waals surface area contributed by atoms with Crippen LogP contribution in [0.15, 0.2) is 109 Å². The molecule has 0 aliphatic heterocycles. The van der Waals surface area contributed by atoms with E-state index in [4.69, 9.17) is 0 Å². The Morgan fingerprint density at radius 1 is 0.680 bits per heavy atom. The van der Waals surface area contributed by atoms with Crippen molar-refractivity contribution in [2.45, 2.75) is 6.92 Å². The number of rotatable bonds is 5. The monoisotopic (exact) mass is 322 g/mol. The standard InChI is InChI=1S/C25H22/c1-20(18-19-22-12-6-3-7-13-22)25(24-16-10-5-11-17-24)21(2)23-14-8-4-9-15-23/h3-19H,2H2,1H3. The van der Waals surface area contributed by atoms with E-state index in [2.05, 4.69) is 98.5 Å². The zero-order chi connectivity index (χ0) is 17.5. The molecule has 0 saturated carbocycles. The molecule has 0 aliphatic rings. The molecule has 0 unspecified atom stereocenters. The smallest absolute Gasteiger partial charge is 0.00821 e. The molecule has 0 atom stereocenters. The predicted molar refractivity (Wildman–Crippen MR) is 110 cm³/mol. The fourth-order valence-corrected chi connectivity index (χ4v) is 2.90. The second-order valence-corrected chi connectivity index (χ2v) is 6.01. The lowest BCUT2D eigenvalue weighted by Crippen LogP contribution is -1.92. The van der Waals surface area contributed by atoms with Crippen molar-refractivity contribution in [3.63, 3.8) is 0 Å². The molecule has 0 fully saturated rings. The van der Waals surface area contributed by atoms with Crippen LogP contribution in [-0.2, 0) is 0 Å². The van der Waals surface area contributed by atoms with Gasteiger partial charge in [0.2, 0.25) is 0 Å². The van der Waals surface area contributed by atoms with Crippen LogP contribution in [0.1, 0.15) is 23.6 Å². The summed E-state index contributed by atoms with van der Waals surface area (Å²) in [6, 6.07) is 31.2. The van der Waals surface area contributed by atoms with Gasteiger partial charge in [-0.25, -0.2) is 0 Å². The van der Waals surface area contributed by atoms with Crippen LogP contribution in [-0.4, -0.2) is 0 Å². The highest BCUT2D eigenvalue weighted by Crippen LogP contribution is 2.33. The van der Waals surface area contributed by atoms with E-state index in [0.717, 1.165) is 11.1 Å². The summed E-state index contributed by atoms with van der Waals surface area (Å²) in [7, 11) is 0. The van der Waals surface area contributed by atoms with Gasteiger partial charge in [0.15, 0.2) is 0 Å². The summed E-state index contributed by atoms with van der Waals surface area (Å²) in [5.74, 6) is 0. The van der Waals surface area contributed by atoms with Crippen LogP contribution in [0.2, 0.25) is 0 Å². The van der Waals surface area contributed by atoms with Crippen molar-refractivity contribution in [3.05, 3.63) is 126 Å². The van der Waals surface area contributed by atoms with E-state index in [0.29, 0.717) is 0 Å². The van der Waals surface area contributed by atoms with Crippen molar-refractivity contribution in [2.24, 2.45) is 0 Å². The van der Waals surface area contributed by atoms with Crippen molar-refractivity contribution in [1.82, 2.24) is 0 Å². The predicted octanol–water partition coefficient (Wildman–Crippen LogP) is 6.89. The van der Waals surface area contributed by atoms with E-state index in [1.165, 1.54) is 22.3 Å². The van der Waals surface area contributed by atoms with E-state index in [1.54, 1.807) is 0 Å². The van der Waals surface area contributed by atoms with E-state index in [1.807, 2.05) is 18.2 Å². The van der Waals surface area contributed by atoms with Crippen molar-refractivity contribution in [1.29, 1.82) is 0 Å². The van der Waals surface area contributed by atoms with Gasteiger partial charge < -0.3 is 0 Å². The Bertz CT molecular complexity index is 883. The summed E-state index contributed by atoms with van der Waals surface area (Å²) in [4.78, 5) is 0. The average molecular weight is 322 g/mol. The SMILES string of the molecule is C=C(C(=C(C)C=Cc1ccccc1)c1ccccc1)c1ccccc1.